The molecule has 0 aromatic heterocycles. The number of hydrogen-bond donors (Lipinski definition) is 2. The van der Waals surface area contributed by atoms with E-state index in [9.17, 15) is 5.11 Å². The lowest BCUT2D eigenvalue weighted by molar-refractivity contribution is 0.0967. The monoisotopic (exact) mass is 215 g/mol. The molecule has 2 unspecified atom stereocenters. The van der Waals surface area contributed by atoms with Crippen molar-refractivity contribution in [2.24, 2.45) is 5.92 Å². The number of methoxy groups -OCH3 is 1. The highest BCUT2D eigenvalue weighted by Crippen LogP contribution is 2.37. The van der Waals surface area contributed by atoms with Crippen LogP contribution in [0.25, 0.3) is 0 Å². The van der Waals surface area contributed by atoms with Crippen LogP contribution < -0.4 is 5.32 Å². The van der Waals surface area contributed by atoms with Crippen molar-refractivity contribution in [3.8, 4) is 0 Å². The van der Waals surface area contributed by atoms with Crippen molar-refractivity contribution >= 4 is 0 Å². The van der Waals surface area contributed by atoms with Gasteiger partial charge in [0.1, 0.15) is 0 Å². The molecule has 3 nitrogen and oxygen atoms in total. The standard InChI is InChI=1S/C12H25NO2/c1-3-8-13-12(10-14)7-4-5-11(12)6-9-15-2/h11,13-14H,3-10H2,1-2H3. The summed E-state index contributed by atoms with van der Waals surface area (Å²) in [4.78, 5) is 0. The minimum atomic E-state index is -0.0193. The minimum Gasteiger partial charge on any atom is -0.394 e. The molecule has 0 spiro atoms. The van der Waals surface area contributed by atoms with E-state index in [1.54, 1.807) is 7.11 Å². The molecule has 2 N–H and O–H groups in total. The summed E-state index contributed by atoms with van der Waals surface area (Å²) in [5.41, 5.74) is -0.0193. The SMILES string of the molecule is CCCNC1(CO)CCCC1CCOC. The largest absolute Gasteiger partial charge is 0.394 e. The highest BCUT2D eigenvalue weighted by atomic mass is 16.5. The Morgan fingerprint density at radius 1 is 1.53 bits per heavy atom. The van der Waals surface area contributed by atoms with Crippen LogP contribution in [-0.4, -0.2) is 37.5 Å². The van der Waals surface area contributed by atoms with Crippen LogP contribution >= 0.6 is 0 Å². The third-order valence-corrected chi connectivity index (χ3v) is 3.64. The summed E-state index contributed by atoms with van der Waals surface area (Å²) >= 11 is 0. The molecule has 2 atom stereocenters. The fraction of sp³-hybridized carbons (Fsp3) is 1.00. The van der Waals surface area contributed by atoms with Gasteiger partial charge in [-0.2, -0.15) is 0 Å². The molecule has 0 amide bonds. The molecule has 15 heavy (non-hydrogen) atoms. The second kappa shape index (κ2) is 6.46. The van der Waals surface area contributed by atoms with Crippen LogP contribution in [-0.2, 0) is 4.74 Å². The van der Waals surface area contributed by atoms with Crippen molar-refractivity contribution in [1.29, 1.82) is 0 Å². The second-order valence-electron chi connectivity index (χ2n) is 4.61. The van der Waals surface area contributed by atoms with Crippen LogP contribution in [0, 0.1) is 5.92 Å². The topological polar surface area (TPSA) is 41.5 Å². The number of aliphatic hydroxyl groups is 1. The molecule has 0 radical (unpaired) electrons. The zero-order valence-electron chi connectivity index (χ0n) is 10.1. The van der Waals surface area contributed by atoms with Crippen molar-refractivity contribution in [3.05, 3.63) is 0 Å². The van der Waals surface area contributed by atoms with Crippen molar-refractivity contribution in [2.75, 3.05) is 26.9 Å². The quantitative estimate of drug-likeness (QED) is 0.677. The smallest absolute Gasteiger partial charge is 0.0616 e. The average Bonchev–Trinajstić information content (AvgIpc) is 2.67. The molecule has 3 heteroatoms. The third kappa shape index (κ3) is 3.16. The Hall–Kier alpha value is -0.120. The molecule has 1 rings (SSSR count). The van der Waals surface area contributed by atoms with Gasteiger partial charge in [-0.15, -0.1) is 0 Å². The maximum Gasteiger partial charge on any atom is 0.0616 e. The van der Waals surface area contributed by atoms with Gasteiger partial charge < -0.3 is 15.2 Å². The number of rotatable bonds is 7. The summed E-state index contributed by atoms with van der Waals surface area (Å²) in [6.07, 6.45) is 5.75. The van der Waals surface area contributed by atoms with E-state index < -0.39 is 0 Å². The molecule has 0 aliphatic heterocycles. The van der Waals surface area contributed by atoms with Gasteiger partial charge in [-0.3, -0.25) is 0 Å². The van der Waals surface area contributed by atoms with Crippen LogP contribution in [0.1, 0.15) is 39.0 Å². The first-order chi connectivity index (χ1) is 7.29. The van der Waals surface area contributed by atoms with E-state index >= 15 is 0 Å². The van der Waals surface area contributed by atoms with Crippen LogP contribution in [0.2, 0.25) is 0 Å². The van der Waals surface area contributed by atoms with Crippen LogP contribution in [0.4, 0.5) is 0 Å². The highest BCUT2D eigenvalue weighted by molar-refractivity contribution is 4.98. The first-order valence-electron chi connectivity index (χ1n) is 6.14. The summed E-state index contributed by atoms with van der Waals surface area (Å²) in [6.45, 7) is 4.24. The van der Waals surface area contributed by atoms with Gasteiger partial charge in [0.2, 0.25) is 0 Å². The Balaban J connectivity index is 2.51. The van der Waals surface area contributed by atoms with Gasteiger partial charge >= 0.3 is 0 Å². The molecule has 0 saturated heterocycles. The molecule has 1 aliphatic rings. The molecule has 0 aromatic carbocycles. The van der Waals surface area contributed by atoms with E-state index in [4.69, 9.17) is 4.74 Å². The summed E-state index contributed by atoms with van der Waals surface area (Å²) in [7, 11) is 1.75. The van der Waals surface area contributed by atoms with Gasteiger partial charge in [-0.1, -0.05) is 13.3 Å². The normalized spacial score (nSPS) is 31.0. The second-order valence-corrected chi connectivity index (χ2v) is 4.61. The van der Waals surface area contributed by atoms with E-state index in [0.717, 1.165) is 32.4 Å². The van der Waals surface area contributed by atoms with Crippen molar-refractivity contribution in [1.82, 2.24) is 5.32 Å². The molecule has 1 aliphatic carbocycles. The van der Waals surface area contributed by atoms with Crippen molar-refractivity contribution in [3.63, 3.8) is 0 Å². The summed E-state index contributed by atoms with van der Waals surface area (Å²) < 4.78 is 5.14. The summed E-state index contributed by atoms with van der Waals surface area (Å²) in [6, 6.07) is 0. The van der Waals surface area contributed by atoms with E-state index in [2.05, 4.69) is 12.2 Å². The lowest BCUT2D eigenvalue weighted by Gasteiger charge is -2.35. The van der Waals surface area contributed by atoms with E-state index in [0.29, 0.717) is 5.92 Å². The number of nitrogens with one attached hydrogen (secondary N) is 1. The predicted octanol–water partition coefficient (Wildman–Crippen LogP) is 1.55. The molecular weight excluding hydrogens is 190 g/mol. The average molecular weight is 215 g/mol. The first kappa shape index (κ1) is 12.9. The fourth-order valence-corrected chi connectivity index (χ4v) is 2.70. The van der Waals surface area contributed by atoms with E-state index in [1.165, 1.54) is 12.8 Å². The molecule has 1 fully saturated rings. The van der Waals surface area contributed by atoms with Gasteiger partial charge in [0.25, 0.3) is 0 Å². The van der Waals surface area contributed by atoms with E-state index in [1.807, 2.05) is 0 Å². The molecule has 0 aromatic rings. The number of ether oxygens (including phenoxy) is 1. The summed E-state index contributed by atoms with van der Waals surface area (Å²) in [5.74, 6) is 0.578. The van der Waals surface area contributed by atoms with Crippen LogP contribution in [0.15, 0.2) is 0 Å². The van der Waals surface area contributed by atoms with Gasteiger partial charge in [-0.05, 0) is 38.1 Å². The van der Waals surface area contributed by atoms with Gasteiger partial charge in [0, 0.05) is 19.3 Å². The lowest BCUT2D eigenvalue weighted by Crippen LogP contribution is -2.51. The molecule has 0 heterocycles. The molecule has 0 bridgehead atoms. The third-order valence-electron chi connectivity index (χ3n) is 3.64. The Kier molecular flexibility index (Phi) is 5.58. The van der Waals surface area contributed by atoms with Gasteiger partial charge in [0.15, 0.2) is 0 Å². The zero-order valence-corrected chi connectivity index (χ0v) is 10.1. The maximum absolute atomic E-state index is 9.61. The highest BCUT2D eigenvalue weighted by Gasteiger charge is 2.41. The first-order valence-corrected chi connectivity index (χ1v) is 6.14. The fourth-order valence-electron chi connectivity index (χ4n) is 2.70. The number of hydrogen-bond acceptors (Lipinski definition) is 3. The Bertz CT molecular complexity index is 175. The van der Waals surface area contributed by atoms with E-state index in [-0.39, 0.29) is 12.1 Å². The lowest BCUT2D eigenvalue weighted by atomic mass is 9.85. The Morgan fingerprint density at radius 2 is 2.33 bits per heavy atom. The van der Waals surface area contributed by atoms with Crippen LogP contribution in [0.3, 0.4) is 0 Å². The Morgan fingerprint density at radius 3 is 2.93 bits per heavy atom. The molecule has 90 valence electrons. The summed E-state index contributed by atoms with van der Waals surface area (Å²) in [5, 5.41) is 13.2. The zero-order chi connectivity index (χ0) is 11.1. The molecular formula is C12H25NO2. The van der Waals surface area contributed by atoms with Gasteiger partial charge in [0.05, 0.1) is 6.61 Å². The number of aliphatic hydroxyl groups excluding tert-OH is 1. The maximum atomic E-state index is 9.61. The minimum absolute atomic E-state index is 0.0193. The van der Waals surface area contributed by atoms with Crippen molar-refractivity contribution in [2.45, 2.75) is 44.6 Å². The van der Waals surface area contributed by atoms with Crippen LogP contribution in [0.5, 0.6) is 0 Å². The molecule has 1 saturated carbocycles. The predicted molar refractivity (Wildman–Crippen MR) is 61.9 cm³/mol. The Labute approximate surface area is 93.2 Å². The van der Waals surface area contributed by atoms with Gasteiger partial charge in [-0.25, -0.2) is 0 Å². The van der Waals surface area contributed by atoms with Crippen molar-refractivity contribution < 1.29 is 9.84 Å².